The van der Waals surface area contributed by atoms with Crippen LogP contribution in [0.25, 0.3) is 0 Å². The highest BCUT2D eigenvalue weighted by Crippen LogP contribution is 2.56. The standard InChI is InChI=1S/C26H28Cl2N2O6/c1-25(2)16(22(32)33)11-12-26(25,3)24(36)30-19(23(34)35)13-14-7-9-15(10-8-14)29-21(31)20-17(27)5-4-6-18(20)28/h4-10,16,19H,11-13H2,1-3H3,(H,29,31)(H,30,36)(H,32,33)(H,34,35)/t16?,19-,26?/m0/s1. The summed E-state index contributed by atoms with van der Waals surface area (Å²) in [6.45, 7) is 5.15. The fraction of sp³-hybridized carbons (Fsp3) is 0.385. The number of aliphatic carboxylic acids is 2. The van der Waals surface area contributed by atoms with E-state index in [1.807, 2.05) is 0 Å². The molecule has 0 spiro atoms. The van der Waals surface area contributed by atoms with Crippen molar-refractivity contribution in [3.8, 4) is 0 Å². The summed E-state index contributed by atoms with van der Waals surface area (Å²) in [6, 6.07) is 10.0. The Morgan fingerprint density at radius 3 is 2.08 bits per heavy atom. The van der Waals surface area contributed by atoms with Gasteiger partial charge in [-0.1, -0.05) is 62.2 Å². The van der Waals surface area contributed by atoms with Crippen molar-refractivity contribution < 1.29 is 29.4 Å². The van der Waals surface area contributed by atoms with Crippen LogP contribution in [0.1, 0.15) is 49.5 Å². The zero-order valence-electron chi connectivity index (χ0n) is 20.1. The van der Waals surface area contributed by atoms with Crippen molar-refractivity contribution in [2.75, 3.05) is 5.32 Å². The van der Waals surface area contributed by atoms with Crippen molar-refractivity contribution in [1.29, 1.82) is 0 Å². The van der Waals surface area contributed by atoms with E-state index in [1.54, 1.807) is 63.2 Å². The van der Waals surface area contributed by atoms with Gasteiger partial charge in [0.2, 0.25) is 5.91 Å². The summed E-state index contributed by atoms with van der Waals surface area (Å²) in [7, 11) is 0. The van der Waals surface area contributed by atoms with Gasteiger partial charge in [-0.25, -0.2) is 4.79 Å². The van der Waals surface area contributed by atoms with Gasteiger partial charge in [0.1, 0.15) is 6.04 Å². The molecule has 36 heavy (non-hydrogen) atoms. The van der Waals surface area contributed by atoms with Gasteiger partial charge in [-0.2, -0.15) is 0 Å². The van der Waals surface area contributed by atoms with E-state index in [4.69, 9.17) is 23.2 Å². The maximum absolute atomic E-state index is 13.2. The van der Waals surface area contributed by atoms with Crippen LogP contribution in [0.2, 0.25) is 10.0 Å². The van der Waals surface area contributed by atoms with Crippen molar-refractivity contribution in [3.05, 3.63) is 63.6 Å². The van der Waals surface area contributed by atoms with Crippen LogP contribution in [0.4, 0.5) is 5.69 Å². The average molecular weight is 535 g/mol. The average Bonchev–Trinajstić information content (AvgIpc) is 3.04. The minimum Gasteiger partial charge on any atom is -0.481 e. The molecule has 2 aromatic carbocycles. The van der Waals surface area contributed by atoms with Crippen LogP contribution in [0, 0.1) is 16.7 Å². The molecular formula is C26H28Cl2N2O6. The number of carboxylic acids is 2. The number of halogens is 2. The molecule has 1 aliphatic rings. The molecule has 0 heterocycles. The van der Waals surface area contributed by atoms with E-state index in [0.29, 0.717) is 24.1 Å². The predicted octanol–water partition coefficient (Wildman–Crippen LogP) is 4.88. The molecule has 0 aliphatic heterocycles. The SMILES string of the molecule is CC1(C(=O)N[C@@H](Cc2ccc(NC(=O)c3c(Cl)cccc3Cl)cc2)C(=O)O)CCC(C(=O)O)C1(C)C. The lowest BCUT2D eigenvalue weighted by Crippen LogP contribution is -2.53. The first kappa shape index (κ1) is 27.5. The Hall–Kier alpha value is -3.10. The third-order valence-corrected chi connectivity index (χ3v) is 8.10. The van der Waals surface area contributed by atoms with Crippen LogP contribution in [0.3, 0.4) is 0 Å². The molecule has 2 amide bonds. The largest absolute Gasteiger partial charge is 0.481 e. The van der Waals surface area contributed by atoms with Gasteiger partial charge < -0.3 is 20.8 Å². The monoisotopic (exact) mass is 534 g/mol. The number of hydrogen-bond acceptors (Lipinski definition) is 4. The van der Waals surface area contributed by atoms with Crippen LogP contribution in [0.15, 0.2) is 42.5 Å². The van der Waals surface area contributed by atoms with Crippen molar-refractivity contribution in [2.24, 2.45) is 16.7 Å². The summed E-state index contributed by atoms with van der Waals surface area (Å²) in [5, 5.41) is 25.0. The molecular weight excluding hydrogens is 507 g/mol. The summed E-state index contributed by atoms with van der Waals surface area (Å²) >= 11 is 12.2. The first-order valence-electron chi connectivity index (χ1n) is 11.4. The Balaban J connectivity index is 1.70. The fourth-order valence-electron chi connectivity index (χ4n) is 4.72. The van der Waals surface area contributed by atoms with E-state index in [-0.39, 0.29) is 22.0 Å². The van der Waals surface area contributed by atoms with E-state index in [2.05, 4.69) is 10.6 Å². The molecule has 8 nitrogen and oxygen atoms in total. The highest BCUT2D eigenvalue weighted by molar-refractivity contribution is 6.40. The smallest absolute Gasteiger partial charge is 0.326 e. The zero-order chi connectivity index (χ0) is 26.8. The molecule has 0 bridgehead atoms. The lowest BCUT2D eigenvalue weighted by molar-refractivity contribution is -0.151. The van der Waals surface area contributed by atoms with Gasteiger partial charge in [0.15, 0.2) is 0 Å². The molecule has 10 heteroatoms. The maximum Gasteiger partial charge on any atom is 0.326 e. The highest BCUT2D eigenvalue weighted by Gasteiger charge is 2.58. The Kier molecular flexibility index (Phi) is 8.00. The second-order valence-corrected chi connectivity index (χ2v) is 10.6. The van der Waals surface area contributed by atoms with Gasteiger partial charge in [0.25, 0.3) is 5.91 Å². The number of carbonyl (C=O) groups excluding carboxylic acids is 2. The van der Waals surface area contributed by atoms with Crippen LogP contribution in [-0.4, -0.2) is 40.0 Å². The maximum atomic E-state index is 13.2. The molecule has 192 valence electrons. The summed E-state index contributed by atoms with van der Waals surface area (Å²) in [5.74, 6) is -3.83. The molecule has 1 fully saturated rings. The van der Waals surface area contributed by atoms with Crippen LogP contribution < -0.4 is 10.6 Å². The minimum atomic E-state index is -1.21. The topological polar surface area (TPSA) is 133 Å². The Morgan fingerprint density at radius 1 is 1.00 bits per heavy atom. The van der Waals surface area contributed by atoms with Crippen LogP contribution >= 0.6 is 23.2 Å². The van der Waals surface area contributed by atoms with Crippen molar-refractivity contribution in [2.45, 2.75) is 46.1 Å². The number of hydrogen-bond donors (Lipinski definition) is 4. The number of anilines is 1. The Bertz CT molecular complexity index is 1180. The van der Waals surface area contributed by atoms with Crippen LogP contribution in [0.5, 0.6) is 0 Å². The zero-order valence-corrected chi connectivity index (χ0v) is 21.6. The highest BCUT2D eigenvalue weighted by atomic mass is 35.5. The summed E-state index contributed by atoms with van der Waals surface area (Å²) in [5.41, 5.74) is -0.660. The molecule has 3 rings (SSSR count). The first-order valence-corrected chi connectivity index (χ1v) is 12.1. The van der Waals surface area contributed by atoms with Gasteiger partial charge in [-0.05, 0) is 48.1 Å². The molecule has 4 N–H and O–H groups in total. The second-order valence-electron chi connectivity index (χ2n) is 9.80. The lowest BCUT2D eigenvalue weighted by atomic mass is 9.65. The van der Waals surface area contributed by atoms with Gasteiger partial charge in [0, 0.05) is 12.1 Å². The van der Waals surface area contributed by atoms with Gasteiger partial charge in [-0.15, -0.1) is 0 Å². The fourth-order valence-corrected chi connectivity index (χ4v) is 5.29. The van der Waals surface area contributed by atoms with Crippen LogP contribution in [-0.2, 0) is 20.8 Å². The van der Waals surface area contributed by atoms with E-state index in [9.17, 15) is 29.4 Å². The Morgan fingerprint density at radius 2 is 1.58 bits per heavy atom. The molecule has 1 aliphatic carbocycles. The molecule has 1 saturated carbocycles. The number of carbonyl (C=O) groups is 4. The van der Waals surface area contributed by atoms with E-state index < -0.39 is 46.5 Å². The number of rotatable bonds is 8. The van der Waals surface area contributed by atoms with Gasteiger partial charge in [0.05, 0.1) is 26.9 Å². The minimum absolute atomic E-state index is 0.00447. The summed E-state index contributed by atoms with van der Waals surface area (Å²) in [6.07, 6.45) is 0.695. The first-order chi connectivity index (χ1) is 16.8. The number of nitrogens with one attached hydrogen (secondary N) is 2. The van der Waals surface area contributed by atoms with Crippen molar-refractivity contribution >= 4 is 52.6 Å². The number of benzene rings is 2. The van der Waals surface area contributed by atoms with Crippen molar-refractivity contribution in [1.82, 2.24) is 5.32 Å². The third-order valence-electron chi connectivity index (χ3n) is 7.47. The second kappa shape index (κ2) is 10.5. The van der Waals surface area contributed by atoms with Gasteiger partial charge in [-0.3, -0.25) is 14.4 Å². The molecule has 0 radical (unpaired) electrons. The van der Waals surface area contributed by atoms with E-state index in [0.717, 1.165) is 0 Å². The van der Waals surface area contributed by atoms with Gasteiger partial charge >= 0.3 is 11.9 Å². The van der Waals surface area contributed by atoms with E-state index in [1.165, 1.54) is 0 Å². The molecule has 2 unspecified atom stereocenters. The molecule has 0 aromatic heterocycles. The predicted molar refractivity (Wildman–Crippen MR) is 136 cm³/mol. The molecule has 2 aromatic rings. The quantitative estimate of drug-likeness (QED) is 0.381. The number of carboxylic acid groups (broad SMARTS) is 2. The lowest BCUT2D eigenvalue weighted by Gasteiger charge is -2.39. The van der Waals surface area contributed by atoms with Crippen molar-refractivity contribution in [3.63, 3.8) is 0 Å². The number of amides is 2. The summed E-state index contributed by atoms with van der Waals surface area (Å²) < 4.78 is 0. The Labute approximate surface area is 219 Å². The van der Waals surface area contributed by atoms with E-state index >= 15 is 0 Å². The summed E-state index contributed by atoms with van der Waals surface area (Å²) in [4.78, 5) is 49.3. The molecule has 0 saturated heterocycles. The molecule has 3 atom stereocenters. The normalized spacial score (nSPS) is 21.4. The third kappa shape index (κ3) is 5.34.